The zero-order valence-electron chi connectivity index (χ0n) is 12.9. The van der Waals surface area contributed by atoms with Crippen LogP contribution < -0.4 is 4.90 Å². The van der Waals surface area contributed by atoms with E-state index < -0.39 is 16.1 Å². The van der Waals surface area contributed by atoms with Gasteiger partial charge in [-0.05, 0) is 30.3 Å². The van der Waals surface area contributed by atoms with Crippen LogP contribution in [0.2, 0.25) is 0 Å². The fourth-order valence-electron chi connectivity index (χ4n) is 2.43. The molecule has 0 bridgehead atoms. The van der Waals surface area contributed by atoms with E-state index in [2.05, 4.69) is 0 Å². The standard InChI is InChI=1S/C17H17NO5S/c19-17(14-5-2-1-3-6-14)23-24(20,21)16-8-4-7-15(13-16)18-9-11-22-12-10-18/h1-8,13H,9-12H2. The van der Waals surface area contributed by atoms with Crippen LogP contribution in [0.1, 0.15) is 10.4 Å². The molecule has 24 heavy (non-hydrogen) atoms. The molecule has 1 heterocycles. The molecule has 2 aromatic rings. The van der Waals surface area contributed by atoms with Crippen molar-refractivity contribution in [3.63, 3.8) is 0 Å². The zero-order chi connectivity index (χ0) is 17.0. The summed E-state index contributed by atoms with van der Waals surface area (Å²) in [5.41, 5.74) is 0.945. The largest absolute Gasteiger partial charge is 0.378 e. The predicted molar refractivity (Wildman–Crippen MR) is 88.5 cm³/mol. The van der Waals surface area contributed by atoms with E-state index in [1.54, 1.807) is 24.3 Å². The van der Waals surface area contributed by atoms with Gasteiger partial charge in [0.25, 0.3) is 0 Å². The maximum absolute atomic E-state index is 12.4. The van der Waals surface area contributed by atoms with Crippen LogP contribution in [0.3, 0.4) is 0 Å². The number of rotatable bonds is 4. The second-order valence-corrected chi connectivity index (χ2v) is 6.83. The Balaban J connectivity index is 1.80. The fourth-order valence-corrected chi connectivity index (χ4v) is 3.33. The van der Waals surface area contributed by atoms with Crippen LogP contribution in [0.4, 0.5) is 5.69 Å². The maximum atomic E-state index is 12.4. The van der Waals surface area contributed by atoms with E-state index in [0.717, 1.165) is 5.69 Å². The first kappa shape index (κ1) is 16.5. The van der Waals surface area contributed by atoms with Crippen LogP contribution in [-0.2, 0) is 19.0 Å². The minimum absolute atomic E-state index is 0.0456. The third-order valence-corrected chi connectivity index (χ3v) is 4.88. The van der Waals surface area contributed by atoms with Crippen molar-refractivity contribution in [2.75, 3.05) is 31.2 Å². The van der Waals surface area contributed by atoms with Crippen molar-refractivity contribution in [1.29, 1.82) is 0 Å². The molecular weight excluding hydrogens is 330 g/mol. The highest BCUT2D eigenvalue weighted by atomic mass is 32.2. The Morgan fingerprint density at radius 2 is 1.71 bits per heavy atom. The summed E-state index contributed by atoms with van der Waals surface area (Å²) in [5, 5.41) is 0. The lowest BCUT2D eigenvalue weighted by Crippen LogP contribution is -2.36. The Hall–Kier alpha value is -2.38. The van der Waals surface area contributed by atoms with Gasteiger partial charge in [0.05, 0.1) is 18.8 Å². The molecule has 0 amide bonds. The summed E-state index contributed by atoms with van der Waals surface area (Å²) < 4.78 is 34.8. The van der Waals surface area contributed by atoms with Crippen LogP contribution in [0, 0.1) is 0 Å². The van der Waals surface area contributed by atoms with Crippen molar-refractivity contribution in [2.45, 2.75) is 4.90 Å². The maximum Gasteiger partial charge on any atom is 0.354 e. The Morgan fingerprint density at radius 3 is 2.42 bits per heavy atom. The molecule has 3 rings (SSSR count). The fraction of sp³-hybridized carbons (Fsp3) is 0.235. The topological polar surface area (TPSA) is 72.9 Å². The molecule has 0 radical (unpaired) electrons. The number of morpholine rings is 1. The van der Waals surface area contributed by atoms with Gasteiger partial charge in [-0.2, -0.15) is 8.42 Å². The van der Waals surface area contributed by atoms with Crippen molar-refractivity contribution in [3.05, 3.63) is 60.2 Å². The molecule has 0 aliphatic carbocycles. The Morgan fingerprint density at radius 1 is 1.00 bits per heavy atom. The molecule has 7 heteroatoms. The van der Waals surface area contributed by atoms with E-state index in [-0.39, 0.29) is 10.5 Å². The molecule has 1 aliphatic heterocycles. The molecule has 6 nitrogen and oxygen atoms in total. The first-order valence-corrected chi connectivity index (χ1v) is 8.94. The summed E-state index contributed by atoms with van der Waals surface area (Å²) in [6.07, 6.45) is 0. The van der Waals surface area contributed by atoms with Gasteiger partial charge in [-0.25, -0.2) is 4.79 Å². The summed E-state index contributed by atoms with van der Waals surface area (Å²) >= 11 is 0. The van der Waals surface area contributed by atoms with Crippen LogP contribution in [0.15, 0.2) is 59.5 Å². The molecule has 2 aromatic carbocycles. The minimum atomic E-state index is -4.18. The molecular formula is C17H17NO5S. The molecule has 0 aromatic heterocycles. The third-order valence-electron chi connectivity index (χ3n) is 3.68. The number of anilines is 1. The number of nitrogens with zero attached hydrogens (tertiary/aromatic N) is 1. The summed E-state index contributed by atoms with van der Waals surface area (Å²) in [6, 6.07) is 14.4. The molecule has 1 saturated heterocycles. The first-order valence-electron chi connectivity index (χ1n) is 7.53. The number of carbonyl (C=O) groups is 1. The van der Waals surface area contributed by atoms with Gasteiger partial charge in [0.15, 0.2) is 0 Å². The van der Waals surface area contributed by atoms with Crippen LogP contribution >= 0.6 is 0 Å². The highest BCUT2D eigenvalue weighted by Crippen LogP contribution is 2.22. The van der Waals surface area contributed by atoms with E-state index >= 15 is 0 Å². The van der Waals surface area contributed by atoms with Gasteiger partial charge in [-0.1, -0.05) is 24.3 Å². The number of hydrogen-bond donors (Lipinski definition) is 0. The van der Waals surface area contributed by atoms with Crippen LogP contribution in [-0.4, -0.2) is 40.7 Å². The van der Waals surface area contributed by atoms with Crippen molar-refractivity contribution in [3.8, 4) is 0 Å². The third kappa shape index (κ3) is 3.74. The number of benzene rings is 2. The van der Waals surface area contributed by atoms with Crippen molar-refractivity contribution in [1.82, 2.24) is 0 Å². The molecule has 0 unspecified atom stereocenters. The van der Waals surface area contributed by atoms with Gasteiger partial charge in [-0.3, -0.25) is 0 Å². The Bertz CT molecular complexity index is 814. The second-order valence-electron chi connectivity index (χ2n) is 5.29. The number of carbonyl (C=O) groups excluding carboxylic acids is 1. The van der Waals surface area contributed by atoms with Crippen molar-refractivity contribution < 1.29 is 22.1 Å². The van der Waals surface area contributed by atoms with Gasteiger partial charge < -0.3 is 13.8 Å². The Labute approximate surface area is 140 Å². The van der Waals surface area contributed by atoms with E-state index in [0.29, 0.717) is 26.3 Å². The lowest BCUT2D eigenvalue weighted by molar-refractivity contribution is 0.0746. The first-order chi connectivity index (χ1) is 11.6. The predicted octanol–water partition coefficient (Wildman–Crippen LogP) is 2.07. The highest BCUT2D eigenvalue weighted by Gasteiger charge is 2.22. The van der Waals surface area contributed by atoms with E-state index in [9.17, 15) is 13.2 Å². The molecule has 0 saturated carbocycles. The summed E-state index contributed by atoms with van der Waals surface area (Å²) in [6.45, 7) is 2.57. The van der Waals surface area contributed by atoms with Crippen molar-refractivity contribution >= 4 is 21.8 Å². The van der Waals surface area contributed by atoms with Gasteiger partial charge in [-0.15, -0.1) is 0 Å². The van der Waals surface area contributed by atoms with E-state index in [1.165, 1.54) is 24.3 Å². The average Bonchev–Trinajstić information content (AvgIpc) is 2.63. The smallest absolute Gasteiger partial charge is 0.354 e. The van der Waals surface area contributed by atoms with E-state index in [1.807, 2.05) is 11.0 Å². The molecule has 1 fully saturated rings. The quantitative estimate of drug-likeness (QED) is 0.789. The summed E-state index contributed by atoms with van der Waals surface area (Å²) in [7, 11) is -4.18. The van der Waals surface area contributed by atoms with Crippen LogP contribution in [0.5, 0.6) is 0 Å². The number of hydrogen-bond acceptors (Lipinski definition) is 6. The normalized spacial score (nSPS) is 15.1. The lowest BCUT2D eigenvalue weighted by atomic mass is 10.2. The molecule has 0 N–H and O–H groups in total. The van der Waals surface area contributed by atoms with Gasteiger partial charge in [0, 0.05) is 18.8 Å². The SMILES string of the molecule is O=C(OS(=O)(=O)c1cccc(N2CCOCC2)c1)c1ccccc1. The lowest BCUT2D eigenvalue weighted by Gasteiger charge is -2.29. The zero-order valence-corrected chi connectivity index (χ0v) is 13.7. The molecule has 126 valence electrons. The van der Waals surface area contributed by atoms with Gasteiger partial charge in [0.2, 0.25) is 0 Å². The molecule has 0 spiro atoms. The summed E-state index contributed by atoms with van der Waals surface area (Å²) in [4.78, 5) is 14.0. The van der Waals surface area contributed by atoms with Gasteiger partial charge >= 0.3 is 16.1 Å². The molecule has 0 atom stereocenters. The monoisotopic (exact) mass is 347 g/mol. The highest BCUT2D eigenvalue weighted by molar-refractivity contribution is 7.87. The van der Waals surface area contributed by atoms with E-state index in [4.69, 9.17) is 8.92 Å². The number of ether oxygens (including phenoxy) is 1. The minimum Gasteiger partial charge on any atom is -0.378 e. The Kier molecular flexibility index (Phi) is 4.82. The summed E-state index contributed by atoms with van der Waals surface area (Å²) in [5.74, 6) is -0.896. The van der Waals surface area contributed by atoms with Crippen molar-refractivity contribution in [2.24, 2.45) is 0 Å². The average molecular weight is 347 g/mol. The van der Waals surface area contributed by atoms with Gasteiger partial charge in [0.1, 0.15) is 4.90 Å². The molecule has 1 aliphatic rings. The second kappa shape index (κ2) is 7.02. The van der Waals surface area contributed by atoms with Crippen LogP contribution in [0.25, 0.3) is 0 Å².